The van der Waals surface area contributed by atoms with Crippen molar-refractivity contribution in [2.24, 2.45) is 0 Å². The molecule has 2 aliphatic heterocycles. The Bertz CT molecular complexity index is 645. The van der Waals surface area contributed by atoms with E-state index in [4.69, 9.17) is 9.47 Å². The Morgan fingerprint density at radius 1 is 1.04 bits per heavy atom. The van der Waals surface area contributed by atoms with Crippen molar-refractivity contribution in [2.75, 3.05) is 26.2 Å². The summed E-state index contributed by atoms with van der Waals surface area (Å²) in [6.07, 6.45) is 3.42. The van der Waals surface area contributed by atoms with E-state index in [0.717, 1.165) is 44.6 Å². The first-order valence-corrected chi connectivity index (χ1v) is 8.93. The Kier molecular flexibility index (Phi) is 4.54. The van der Waals surface area contributed by atoms with E-state index in [1.54, 1.807) is 0 Å². The van der Waals surface area contributed by atoms with E-state index in [-0.39, 0.29) is 11.7 Å². The molecule has 0 amide bonds. The molecular formula is C21H25NO2. The van der Waals surface area contributed by atoms with Crippen LogP contribution in [0.2, 0.25) is 0 Å². The highest BCUT2D eigenvalue weighted by Crippen LogP contribution is 2.36. The van der Waals surface area contributed by atoms with Crippen molar-refractivity contribution in [1.29, 1.82) is 0 Å². The summed E-state index contributed by atoms with van der Waals surface area (Å²) in [5.41, 5.74) is 1.42. The smallest absolute Gasteiger partial charge is 0.125 e. The standard InChI is InChI=1S/C21H25NO2/c1-3-7-18(8-4-1)11-13-22-14-12-21(17-22)15-20(16-23-21)24-19-9-5-2-6-10-19/h1-10,20H,11-17H2. The minimum Gasteiger partial charge on any atom is -0.488 e. The zero-order chi connectivity index (χ0) is 16.2. The number of nitrogens with zero attached hydrogens (tertiary/aromatic N) is 1. The number of likely N-dealkylation sites (tertiary alicyclic amines) is 1. The summed E-state index contributed by atoms with van der Waals surface area (Å²) in [5.74, 6) is 0.946. The second-order valence-corrected chi connectivity index (χ2v) is 7.01. The largest absolute Gasteiger partial charge is 0.488 e. The number of rotatable bonds is 5. The van der Waals surface area contributed by atoms with Crippen molar-refractivity contribution < 1.29 is 9.47 Å². The van der Waals surface area contributed by atoms with Crippen molar-refractivity contribution >= 4 is 0 Å². The molecule has 126 valence electrons. The van der Waals surface area contributed by atoms with E-state index in [1.165, 1.54) is 5.56 Å². The molecule has 4 rings (SSSR count). The lowest BCUT2D eigenvalue weighted by Crippen LogP contribution is -2.34. The van der Waals surface area contributed by atoms with Gasteiger partial charge in [-0.1, -0.05) is 48.5 Å². The van der Waals surface area contributed by atoms with E-state index in [2.05, 4.69) is 35.2 Å². The molecule has 2 saturated heterocycles. The number of benzene rings is 2. The molecule has 2 aliphatic rings. The van der Waals surface area contributed by atoms with Gasteiger partial charge in [-0.05, 0) is 30.5 Å². The minimum absolute atomic E-state index is 0.0101. The third-order valence-electron chi connectivity index (χ3n) is 5.18. The lowest BCUT2D eigenvalue weighted by atomic mass is 9.98. The minimum atomic E-state index is 0.0101. The molecular weight excluding hydrogens is 298 g/mol. The zero-order valence-corrected chi connectivity index (χ0v) is 14.1. The Morgan fingerprint density at radius 2 is 1.79 bits per heavy atom. The Labute approximate surface area is 144 Å². The van der Waals surface area contributed by atoms with E-state index in [1.807, 2.05) is 30.3 Å². The molecule has 24 heavy (non-hydrogen) atoms. The summed E-state index contributed by atoms with van der Waals surface area (Å²) in [6.45, 7) is 3.99. The van der Waals surface area contributed by atoms with Crippen LogP contribution in [0, 0.1) is 0 Å². The quantitative estimate of drug-likeness (QED) is 0.840. The topological polar surface area (TPSA) is 21.7 Å². The molecule has 0 aromatic heterocycles. The first-order valence-electron chi connectivity index (χ1n) is 8.93. The maximum Gasteiger partial charge on any atom is 0.125 e. The van der Waals surface area contributed by atoms with Crippen LogP contribution in [0.3, 0.4) is 0 Å². The second-order valence-electron chi connectivity index (χ2n) is 7.01. The van der Waals surface area contributed by atoms with E-state index < -0.39 is 0 Å². The fourth-order valence-corrected chi connectivity index (χ4v) is 3.90. The summed E-state index contributed by atoms with van der Waals surface area (Å²) in [5, 5.41) is 0. The maximum absolute atomic E-state index is 6.20. The van der Waals surface area contributed by atoms with Gasteiger partial charge in [-0.15, -0.1) is 0 Å². The molecule has 0 bridgehead atoms. The lowest BCUT2D eigenvalue weighted by Gasteiger charge is -2.23. The molecule has 1 spiro atoms. The fraction of sp³-hybridized carbons (Fsp3) is 0.429. The van der Waals surface area contributed by atoms with Crippen molar-refractivity contribution in [3.05, 3.63) is 66.2 Å². The number of hydrogen-bond donors (Lipinski definition) is 0. The number of para-hydroxylation sites is 1. The predicted octanol–water partition coefficient (Wildman–Crippen LogP) is 3.54. The highest BCUT2D eigenvalue weighted by molar-refractivity contribution is 5.21. The van der Waals surface area contributed by atoms with Crippen LogP contribution >= 0.6 is 0 Å². The molecule has 2 fully saturated rings. The van der Waals surface area contributed by atoms with Crippen LogP contribution in [0.4, 0.5) is 0 Å². The Balaban J connectivity index is 1.28. The summed E-state index contributed by atoms with van der Waals surface area (Å²) in [4.78, 5) is 2.54. The molecule has 3 heteroatoms. The van der Waals surface area contributed by atoms with Gasteiger partial charge in [0.05, 0.1) is 12.2 Å². The zero-order valence-electron chi connectivity index (χ0n) is 14.1. The SMILES string of the molecule is c1ccc(CCN2CCC3(CC(Oc4ccccc4)CO3)C2)cc1. The summed E-state index contributed by atoms with van der Waals surface area (Å²) in [7, 11) is 0. The van der Waals surface area contributed by atoms with Gasteiger partial charge in [-0.25, -0.2) is 0 Å². The summed E-state index contributed by atoms with van der Waals surface area (Å²) < 4.78 is 12.3. The van der Waals surface area contributed by atoms with Gasteiger partial charge >= 0.3 is 0 Å². The molecule has 3 nitrogen and oxygen atoms in total. The molecule has 2 heterocycles. The van der Waals surface area contributed by atoms with Crippen molar-refractivity contribution in [3.8, 4) is 5.75 Å². The molecule has 2 aromatic rings. The molecule has 2 atom stereocenters. The van der Waals surface area contributed by atoms with Gasteiger partial charge in [0.2, 0.25) is 0 Å². The van der Waals surface area contributed by atoms with Crippen molar-refractivity contribution in [3.63, 3.8) is 0 Å². The van der Waals surface area contributed by atoms with Gasteiger partial charge < -0.3 is 14.4 Å². The van der Waals surface area contributed by atoms with Crippen molar-refractivity contribution in [2.45, 2.75) is 31.0 Å². The van der Waals surface area contributed by atoms with E-state index >= 15 is 0 Å². The molecule has 0 N–H and O–H groups in total. The van der Waals surface area contributed by atoms with Crippen LogP contribution < -0.4 is 4.74 Å². The van der Waals surface area contributed by atoms with Gasteiger partial charge in [-0.3, -0.25) is 0 Å². The number of hydrogen-bond acceptors (Lipinski definition) is 3. The maximum atomic E-state index is 6.20. The lowest BCUT2D eigenvalue weighted by molar-refractivity contribution is 0.00997. The average molecular weight is 323 g/mol. The third kappa shape index (κ3) is 3.63. The molecule has 2 aromatic carbocycles. The fourth-order valence-electron chi connectivity index (χ4n) is 3.90. The van der Waals surface area contributed by atoms with E-state index in [9.17, 15) is 0 Å². The Hall–Kier alpha value is -1.84. The van der Waals surface area contributed by atoms with Crippen LogP contribution in [0.1, 0.15) is 18.4 Å². The molecule has 0 radical (unpaired) electrons. The third-order valence-corrected chi connectivity index (χ3v) is 5.18. The monoisotopic (exact) mass is 323 g/mol. The number of ether oxygens (including phenoxy) is 2. The second kappa shape index (κ2) is 6.96. The van der Waals surface area contributed by atoms with Crippen LogP contribution in [0.15, 0.2) is 60.7 Å². The molecule has 0 saturated carbocycles. The van der Waals surface area contributed by atoms with Crippen LogP contribution in [-0.2, 0) is 11.2 Å². The predicted molar refractivity (Wildman–Crippen MR) is 95.4 cm³/mol. The van der Waals surface area contributed by atoms with Crippen LogP contribution in [-0.4, -0.2) is 42.8 Å². The van der Waals surface area contributed by atoms with Crippen LogP contribution in [0.25, 0.3) is 0 Å². The van der Waals surface area contributed by atoms with E-state index in [0.29, 0.717) is 6.61 Å². The highest BCUT2D eigenvalue weighted by Gasteiger charge is 2.46. The van der Waals surface area contributed by atoms with Crippen molar-refractivity contribution in [1.82, 2.24) is 4.90 Å². The first kappa shape index (κ1) is 15.7. The highest BCUT2D eigenvalue weighted by atomic mass is 16.6. The van der Waals surface area contributed by atoms with Gasteiger partial charge in [0.1, 0.15) is 11.9 Å². The average Bonchev–Trinajstić information content (AvgIpc) is 3.21. The van der Waals surface area contributed by atoms with Gasteiger partial charge in [-0.2, -0.15) is 0 Å². The van der Waals surface area contributed by atoms with Crippen LogP contribution in [0.5, 0.6) is 5.75 Å². The Morgan fingerprint density at radius 3 is 2.58 bits per heavy atom. The first-order chi connectivity index (χ1) is 11.8. The summed E-state index contributed by atoms with van der Waals surface area (Å²) in [6, 6.07) is 20.8. The molecule has 0 aliphatic carbocycles. The molecule has 2 unspecified atom stereocenters. The van der Waals surface area contributed by atoms with Gasteiger partial charge in [0.25, 0.3) is 0 Å². The normalized spacial score (nSPS) is 26.9. The van der Waals surface area contributed by atoms with Gasteiger partial charge in [0, 0.05) is 26.1 Å². The van der Waals surface area contributed by atoms with Gasteiger partial charge in [0.15, 0.2) is 0 Å². The summed E-state index contributed by atoms with van der Waals surface area (Å²) >= 11 is 0.